The van der Waals surface area contributed by atoms with Crippen LogP contribution in [0.4, 0.5) is 0 Å². The zero-order valence-corrected chi connectivity index (χ0v) is 12.8. The molecule has 22 heavy (non-hydrogen) atoms. The van der Waals surface area contributed by atoms with Gasteiger partial charge in [0.25, 0.3) is 0 Å². The molecule has 4 nitrogen and oxygen atoms in total. The SMILES string of the molecule is C=C(c1ccc(C#N)cc1)c1cc(OC)c(OC)c(OC)c1. The van der Waals surface area contributed by atoms with Gasteiger partial charge in [0.1, 0.15) is 0 Å². The summed E-state index contributed by atoms with van der Waals surface area (Å²) in [5.74, 6) is 1.69. The van der Waals surface area contributed by atoms with Crippen LogP contribution >= 0.6 is 0 Å². The van der Waals surface area contributed by atoms with Crippen molar-refractivity contribution in [1.82, 2.24) is 0 Å². The third-order valence-electron chi connectivity index (χ3n) is 3.38. The van der Waals surface area contributed by atoms with Crippen LogP contribution < -0.4 is 14.2 Å². The molecule has 0 saturated heterocycles. The summed E-state index contributed by atoms with van der Waals surface area (Å²) in [6.45, 7) is 4.12. The highest BCUT2D eigenvalue weighted by atomic mass is 16.5. The van der Waals surface area contributed by atoms with Crippen molar-refractivity contribution in [2.75, 3.05) is 21.3 Å². The number of nitriles is 1. The fraction of sp³-hybridized carbons (Fsp3) is 0.167. The minimum atomic E-state index is 0.543. The van der Waals surface area contributed by atoms with Gasteiger partial charge < -0.3 is 14.2 Å². The monoisotopic (exact) mass is 295 g/mol. The van der Waals surface area contributed by atoms with E-state index >= 15 is 0 Å². The van der Waals surface area contributed by atoms with Gasteiger partial charge in [-0.15, -0.1) is 0 Å². The predicted octanol–water partition coefficient (Wildman–Crippen LogP) is 3.65. The highest BCUT2D eigenvalue weighted by Gasteiger charge is 2.15. The molecule has 2 rings (SSSR count). The molecule has 2 aromatic carbocycles. The van der Waals surface area contributed by atoms with Crippen molar-refractivity contribution in [3.05, 3.63) is 59.7 Å². The summed E-state index contributed by atoms with van der Waals surface area (Å²) in [4.78, 5) is 0. The molecule has 0 unspecified atom stereocenters. The maximum atomic E-state index is 8.86. The van der Waals surface area contributed by atoms with Crippen molar-refractivity contribution < 1.29 is 14.2 Å². The number of hydrogen-bond donors (Lipinski definition) is 0. The largest absolute Gasteiger partial charge is 0.493 e. The van der Waals surface area contributed by atoms with Crippen molar-refractivity contribution in [3.8, 4) is 23.3 Å². The Morgan fingerprint density at radius 2 is 1.45 bits per heavy atom. The lowest BCUT2D eigenvalue weighted by molar-refractivity contribution is 0.324. The molecule has 0 aliphatic heterocycles. The molecule has 0 spiro atoms. The van der Waals surface area contributed by atoms with Crippen LogP contribution in [0.1, 0.15) is 16.7 Å². The van der Waals surface area contributed by atoms with E-state index in [1.807, 2.05) is 24.3 Å². The first-order valence-electron chi connectivity index (χ1n) is 6.64. The second-order valence-corrected chi connectivity index (χ2v) is 4.58. The lowest BCUT2D eigenvalue weighted by Crippen LogP contribution is -1.97. The van der Waals surface area contributed by atoms with Crippen molar-refractivity contribution in [2.45, 2.75) is 0 Å². The van der Waals surface area contributed by atoms with Crippen LogP contribution in [-0.4, -0.2) is 21.3 Å². The average Bonchev–Trinajstić information content (AvgIpc) is 2.59. The lowest BCUT2D eigenvalue weighted by Gasteiger charge is -2.15. The predicted molar refractivity (Wildman–Crippen MR) is 85.4 cm³/mol. The number of methoxy groups -OCH3 is 3. The topological polar surface area (TPSA) is 51.5 Å². The van der Waals surface area contributed by atoms with Crippen LogP contribution in [0.25, 0.3) is 5.57 Å². The fourth-order valence-electron chi connectivity index (χ4n) is 2.17. The molecule has 0 N–H and O–H groups in total. The molecule has 0 atom stereocenters. The number of nitrogens with zero attached hydrogens (tertiary/aromatic N) is 1. The van der Waals surface area contributed by atoms with Gasteiger partial charge in [0, 0.05) is 0 Å². The van der Waals surface area contributed by atoms with Gasteiger partial charge in [0.05, 0.1) is 33.0 Å². The van der Waals surface area contributed by atoms with E-state index < -0.39 is 0 Å². The van der Waals surface area contributed by atoms with E-state index in [-0.39, 0.29) is 0 Å². The summed E-state index contributed by atoms with van der Waals surface area (Å²) in [5, 5.41) is 8.86. The molecule has 0 fully saturated rings. The van der Waals surface area contributed by atoms with Crippen LogP contribution in [0.3, 0.4) is 0 Å². The molecular formula is C18H17NO3. The molecule has 0 heterocycles. The first-order chi connectivity index (χ1) is 10.6. The zero-order chi connectivity index (χ0) is 16.1. The van der Waals surface area contributed by atoms with Gasteiger partial charge in [-0.1, -0.05) is 18.7 Å². The molecule has 0 radical (unpaired) electrons. The standard InChI is InChI=1S/C18H17NO3/c1-12(14-7-5-13(11-19)6-8-14)15-9-16(20-2)18(22-4)17(10-15)21-3/h5-10H,1H2,2-4H3. The van der Waals surface area contributed by atoms with Crippen LogP contribution in [0, 0.1) is 11.3 Å². The Morgan fingerprint density at radius 3 is 1.86 bits per heavy atom. The van der Waals surface area contributed by atoms with Crippen LogP contribution in [0.2, 0.25) is 0 Å². The van der Waals surface area contributed by atoms with Crippen molar-refractivity contribution in [3.63, 3.8) is 0 Å². The molecule has 112 valence electrons. The van der Waals surface area contributed by atoms with E-state index in [4.69, 9.17) is 19.5 Å². The quantitative estimate of drug-likeness (QED) is 0.845. The van der Waals surface area contributed by atoms with Crippen LogP contribution in [0.15, 0.2) is 43.0 Å². The molecule has 0 bridgehead atoms. The smallest absolute Gasteiger partial charge is 0.203 e. The van der Waals surface area contributed by atoms with Gasteiger partial charge in [-0.05, 0) is 41.0 Å². The summed E-state index contributed by atoms with van der Waals surface area (Å²) in [7, 11) is 4.71. The summed E-state index contributed by atoms with van der Waals surface area (Å²) in [6, 6.07) is 13.1. The maximum Gasteiger partial charge on any atom is 0.203 e. The second-order valence-electron chi connectivity index (χ2n) is 4.58. The van der Waals surface area contributed by atoms with Crippen molar-refractivity contribution in [2.24, 2.45) is 0 Å². The van der Waals surface area contributed by atoms with Gasteiger partial charge in [-0.25, -0.2) is 0 Å². The fourth-order valence-corrected chi connectivity index (χ4v) is 2.17. The van der Waals surface area contributed by atoms with E-state index in [0.29, 0.717) is 22.8 Å². The Hall–Kier alpha value is -2.93. The van der Waals surface area contributed by atoms with Gasteiger partial charge in [-0.2, -0.15) is 5.26 Å². The third kappa shape index (κ3) is 2.89. The minimum absolute atomic E-state index is 0.543. The van der Waals surface area contributed by atoms with Crippen molar-refractivity contribution in [1.29, 1.82) is 5.26 Å². The first-order valence-corrected chi connectivity index (χ1v) is 6.64. The number of ether oxygens (including phenoxy) is 3. The average molecular weight is 295 g/mol. The van der Waals surface area contributed by atoms with Crippen molar-refractivity contribution >= 4 is 5.57 Å². The Kier molecular flexibility index (Phi) is 4.70. The normalized spacial score (nSPS) is 9.73. The molecular weight excluding hydrogens is 278 g/mol. The van der Waals surface area contributed by atoms with E-state index in [0.717, 1.165) is 16.7 Å². The third-order valence-corrected chi connectivity index (χ3v) is 3.38. The van der Waals surface area contributed by atoms with E-state index in [9.17, 15) is 0 Å². The van der Waals surface area contributed by atoms with E-state index in [1.54, 1.807) is 33.5 Å². The Labute approximate surface area is 130 Å². The highest BCUT2D eigenvalue weighted by molar-refractivity contribution is 5.80. The Bertz CT molecular complexity index is 702. The molecule has 0 saturated carbocycles. The molecule has 4 heteroatoms. The molecule has 2 aromatic rings. The van der Waals surface area contributed by atoms with Gasteiger partial charge in [-0.3, -0.25) is 0 Å². The van der Waals surface area contributed by atoms with Crippen LogP contribution in [-0.2, 0) is 0 Å². The summed E-state index contributed by atoms with van der Waals surface area (Å²) >= 11 is 0. The maximum absolute atomic E-state index is 8.86. The molecule has 0 aromatic heterocycles. The van der Waals surface area contributed by atoms with Gasteiger partial charge in [0.15, 0.2) is 11.5 Å². The molecule has 0 aliphatic carbocycles. The summed E-state index contributed by atoms with van der Waals surface area (Å²) < 4.78 is 16.0. The molecule has 0 amide bonds. The lowest BCUT2D eigenvalue weighted by atomic mass is 9.98. The minimum Gasteiger partial charge on any atom is -0.493 e. The number of benzene rings is 2. The second kappa shape index (κ2) is 6.68. The summed E-state index contributed by atoms with van der Waals surface area (Å²) in [5.41, 5.74) is 3.21. The van der Waals surface area contributed by atoms with Gasteiger partial charge >= 0.3 is 0 Å². The van der Waals surface area contributed by atoms with E-state index in [2.05, 4.69) is 12.6 Å². The zero-order valence-electron chi connectivity index (χ0n) is 12.8. The molecule has 0 aliphatic rings. The van der Waals surface area contributed by atoms with E-state index in [1.165, 1.54) is 0 Å². The first kappa shape index (κ1) is 15.5. The van der Waals surface area contributed by atoms with Crippen LogP contribution in [0.5, 0.6) is 17.2 Å². The number of hydrogen-bond acceptors (Lipinski definition) is 4. The Morgan fingerprint density at radius 1 is 0.909 bits per heavy atom. The number of rotatable bonds is 5. The highest BCUT2D eigenvalue weighted by Crippen LogP contribution is 2.40. The summed E-state index contributed by atoms with van der Waals surface area (Å²) in [6.07, 6.45) is 0. The Balaban J connectivity index is 2.47. The van der Waals surface area contributed by atoms with Gasteiger partial charge in [0.2, 0.25) is 5.75 Å².